The van der Waals surface area contributed by atoms with Gasteiger partial charge in [0.1, 0.15) is 11.8 Å². The molecule has 0 radical (unpaired) electrons. The van der Waals surface area contributed by atoms with Crippen molar-refractivity contribution in [3.63, 3.8) is 0 Å². The van der Waals surface area contributed by atoms with E-state index in [1.165, 1.54) is 20.1 Å². The lowest BCUT2D eigenvalue weighted by atomic mass is 9.96. The molecule has 0 bridgehead atoms. The summed E-state index contributed by atoms with van der Waals surface area (Å²) in [6.07, 6.45) is 2.00. The molecule has 1 saturated heterocycles. The van der Waals surface area contributed by atoms with E-state index in [-0.39, 0.29) is 23.5 Å². The van der Waals surface area contributed by atoms with Crippen LogP contribution >= 0.6 is 11.6 Å². The highest BCUT2D eigenvalue weighted by molar-refractivity contribution is 7.92. The fraction of sp³-hybridized carbons (Fsp3) is 0.579. The highest BCUT2D eigenvalue weighted by Crippen LogP contribution is 2.34. The van der Waals surface area contributed by atoms with Crippen LogP contribution in [-0.2, 0) is 24.3 Å². The number of nitrogens with zero attached hydrogens (tertiary/aromatic N) is 2. The van der Waals surface area contributed by atoms with Gasteiger partial charge in [0.05, 0.1) is 31.6 Å². The number of esters is 1. The third-order valence-corrected chi connectivity index (χ3v) is 6.33. The van der Waals surface area contributed by atoms with Crippen LogP contribution in [0.25, 0.3) is 0 Å². The van der Waals surface area contributed by atoms with Crippen molar-refractivity contribution in [3.8, 4) is 5.75 Å². The number of hydrogen-bond acceptors (Lipinski definition) is 6. The van der Waals surface area contributed by atoms with Gasteiger partial charge in [0.15, 0.2) is 0 Å². The highest BCUT2D eigenvalue weighted by Gasteiger charge is 2.36. The van der Waals surface area contributed by atoms with Crippen molar-refractivity contribution in [2.24, 2.45) is 5.92 Å². The Morgan fingerprint density at radius 2 is 1.93 bits per heavy atom. The van der Waals surface area contributed by atoms with E-state index < -0.39 is 16.1 Å². The number of methoxy groups -OCH3 is 1. The summed E-state index contributed by atoms with van der Waals surface area (Å²) in [7, 11) is -2.39. The monoisotopic (exact) mass is 446 g/mol. The van der Waals surface area contributed by atoms with Crippen LogP contribution in [0, 0.1) is 5.92 Å². The molecule has 0 unspecified atom stereocenters. The van der Waals surface area contributed by atoms with E-state index in [4.69, 9.17) is 21.1 Å². The second-order valence-corrected chi connectivity index (χ2v) is 9.20. The van der Waals surface area contributed by atoms with E-state index in [1.54, 1.807) is 24.0 Å². The molecule has 1 heterocycles. The molecule has 1 aromatic rings. The summed E-state index contributed by atoms with van der Waals surface area (Å²) in [4.78, 5) is 26.6. The summed E-state index contributed by atoms with van der Waals surface area (Å²) < 4.78 is 36.4. The van der Waals surface area contributed by atoms with E-state index in [9.17, 15) is 18.0 Å². The number of hydrogen-bond donors (Lipinski definition) is 0. The quantitative estimate of drug-likeness (QED) is 0.596. The molecule has 8 nitrogen and oxygen atoms in total. The van der Waals surface area contributed by atoms with E-state index >= 15 is 0 Å². The van der Waals surface area contributed by atoms with Crippen LogP contribution in [0.2, 0.25) is 5.02 Å². The number of anilines is 1. The minimum atomic E-state index is -3.81. The number of benzene rings is 1. The molecule has 1 fully saturated rings. The fourth-order valence-corrected chi connectivity index (χ4v) is 4.80. The van der Waals surface area contributed by atoms with Crippen LogP contribution in [0.1, 0.15) is 26.7 Å². The summed E-state index contributed by atoms with van der Waals surface area (Å²) in [5.41, 5.74) is 0.199. The van der Waals surface area contributed by atoms with Crippen molar-refractivity contribution in [1.82, 2.24) is 4.90 Å². The SMILES string of the molecule is CCOC(=O)C1CCN(C(=O)[C@H](C)N(c2cc(Cl)ccc2OC)S(C)(=O)=O)CC1. The Morgan fingerprint density at radius 3 is 2.45 bits per heavy atom. The number of carbonyl (C=O) groups is 2. The van der Waals surface area contributed by atoms with Crippen LogP contribution in [0.4, 0.5) is 5.69 Å². The summed E-state index contributed by atoms with van der Waals surface area (Å²) >= 11 is 6.06. The maximum absolute atomic E-state index is 13.1. The Balaban J connectivity index is 2.23. The predicted octanol–water partition coefficient (Wildman–Crippen LogP) is 2.30. The molecule has 0 aliphatic carbocycles. The smallest absolute Gasteiger partial charge is 0.309 e. The fourth-order valence-electron chi connectivity index (χ4n) is 3.47. The van der Waals surface area contributed by atoms with E-state index in [0.717, 1.165) is 10.6 Å². The lowest BCUT2D eigenvalue weighted by Gasteiger charge is -2.36. The summed E-state index contributed by atoms with van der Waals surface area (Å²) in [6, 6.07) is 3.59. The molecule has 1 aliphatic heterocycles. The third-order valence-electron chi connectivity index (χ3n) is 4.87. The van der Waals surface area contributed by atoms with Gasteiger partial charge < -0.3 is 14.4 Å². The largest absolute Gasteiger partial charge is 0.495 e. The molecule has 0 spiro atoms. The Kier molecular flexibility index (Phi) is 7.76. The second kappa shape index (κ2) is 9.67. The Morgan fingerprint density at radius 1 is 1.31 bits per heavy atom. The molecular weight excluding hydrogens is 420 g/mol. The Hall–Kier alpha value is -2.00. The standard InChI is InChI=1S/C19H27ClN2O6S/c1-5-28-19(24)14-8-10-21(11-9-14)18(23)13(2)22(29(4,25)26)16-12-15(20)6-7-17(16)27-3/h6-7,12-14H,5,8-11H2,1-4H3/t13-/m0/s1. The van der Waals surface area contributed by atoms with Crippen LogP contribution in [-0.4, -0.2) is 64.3 Å². The zero-order chi connectivity index (χ0) is 21.8. The number of amides is 1. The van der Waals surface area contributed by atoms with Crippen molar-refractivity contribution >= 4 is 39.2 Å². The van der Waals surface area contributed by atoms with Crippen LogP contribution in [0.15, 0.2) is 18.2 Å². The lowest BCUT2D eigenvalue weighted by molar-refractivity contribution is -0.151. The van der Waals surface area contributed by atoms with E-state index in [0.29, 0.717) is 43.3 Å². The van der Waals surface area contributed by atoms with Crippen molar-refractivity contribution in [3.05, 3.63) is 23.2 Å². The van der Waals surface area contributed by atoms with Gasteiger partial charge in [0, 0.05) is 18.1 Å². The topological polar surface area (TPSA) is 93.2 Å². The average molecular weight is 447 g/mol. The number of piperidine rings is 1. The molecule has 0 N–H and O–H groups in total. The summed E-state index contributed by atoms with van der Waals surface area (Å²) in [6.45, 7) is 4.32. The van der Waals surface area contributed by atoms with Gasteiger partial charge in [-0.25, -0.2) is 8.42 Å². The molecule has 29 heavy (non-hydrogen) atoms. The molecule has 1 amide bonds. The van der Waals surface area contributed by atoms with Crippen molar-refractivity contribution in [2.45, 2.75) is 32.7 Å². The number of halogens is 1. The number of rotatable bonds is 7. The van der Waals surface area contributed by atoms with Gasteiger partial charge in [0.25, 0.3) is 0 Å². The van der Waals surface area contributed by atoms with Gasteiger partial charge in [-0.2, -0.15) is 0 Å². The van der Waals surface area contributed by atoms with Crippen molar-refractivity contribution < 1.29 is 27.5 Å². The van der Waals surface area contributed by atoms with E-state index in [1.807, 2.05) is 0 Å². The predicted molar refractivity (Wildman–Crippen MR) is 111 cm³/mol. The minimum absolute atomic E-state index is 0.199. The summed E-state index contributed by atoms with van der Waals surface area (Å²) in [5, 5.41) is 0.323. The second-order valence-electron chi connectivity index (χ2n) is 6.90. The van der Waals surface area contributed by atoms with Crippen LogP contribution in [0.3, 0.4) is 0 Å². The van der Waals surface area contributed by atoms with Gasteiger partial charge in [0.2, 0.25) is 15.9 Å². The molecule has 1 aliphatic rings. The first-order chi connectivity index (χ1) is 13.6. The first-order valence-electron chi connectivity index (χ1n) is 9.38. The molecule has 1 atom stereocenters. The number of likely N-dealkylation sites (tertiary alicyclic amines) is 1. The third kappa shape index (κ3) is 5.54. The molecular formula is C19H27ClN2O6S. The maximum atomic E-state index is 13.1. The highest BCUT2D eigenvalue weighted by atomic mass is 35.5. The van der Waals surface area contributed by atoms with E-state index in [2.05, 4.69) is 0 Å². The van der Waals surface area contributed by atoms with Gasteiger partial charge >= 0.3 is 5.97 Å². The van der Waals surface area contributed by atoms with Gasteiger partial charge in [-0.05, 0) is 44.9 Å². The zero-order valence-electron chi connectivity index (χ0n) is 17.1. The minimum Gasteiger partial charge on any atom is -0.495 e. The molecule has 0 saturated carbocycles. The Bertz CT molecular complexity index is 852. The molecule has 1 aromatic carbocycles. The van der Waals surface area contributed by atoms with Crippen LogP contribution < -0.4 is 9.04 Å². The lowest BCUT2D eigenvalue weighted by Crippen LogP contribution is -2.51. The first-order valence-corrected chi connectivity index (χ1v) is 11.6. The number of ether oxygens (including phenoxy) is 2. The molecule has 162 valence electrons. The zero-order valence-corrected chi connectivity index (χ0v) is 18.6. The van der Waals surface area contributed by atoms with Gasteiger partial charge in [-0.1, -0.05) is 11.6 Å². The average Bonchev–Trinajstić information content (AvgIpc) is 2.67. The van der Waals surface area contributed by atoms with Crippen LogP contribution in [0.5, 0.6) is 5.75 Å². The molecule has 0 aromatic heterocycles. The Labute approximate surface area is 176 Å². The van der Waals surface area contributed by atoms with Gasteiger partial charge in [-0.15, -0.1) is 0 Å². The first kappa shape index (κ1) is 23.3. The number of sulfonamides is 1. The molecule has 2 rings (SSSR count). The molecule has 10 heteroatoms. The maximum Gasteiger partial charge on any atom is 0.309 e. The van der Waals surface area contributed by atoms with Crippen molar-refractivity contribution in [1.29, 1.82) is 0 Å². The summed E-state index contributed by atoms with van der Waals surface area (Å²) in [5.74, 6) is -0.553. The number of carbonyl (C=O) groups excluding carboxylic acids is 2. The van der Waals surface area contributed by atoms with Gasteiger partial charge in [-0.3, -0.25) is 13.9 Å². The van der Waals surface area contributed by atoms with Crippen molar-refractivity contribution in [2.75, 3.05) is 37.4 Å². The normalized spacial score (nSPS) is 16.2.